The molecule has 22 heteroatoms. The predicted octanol–water partition coefficient (Wildman–Crippen LogP) is 8.02. The number of carbonyl (C=O) groups is 1. The number of ether oxygens (including phenoxy) is 2. The van der Waals surface area contributed by atoms with Gasteiger partial charge in [-0.25, -0.2) is 8.78 Å². The number of aliphatic hydroxyl groups is 1. The average molecular weight is 1190 g/mol. The number of anilines is 4. The molecule has 448 valence electrons. The number of hydrogen-bond acceptors (Lipinski definition) is 18. The number of nitrogens with zero attached hydrogens (tertiary/aromatic N) is 14. The van der Waals surface area contributed by atoms with E-state index < -0.39 is 35.9 Å². The lowest BCUT2D eigenvalue weighted by atomic mass is 9.90. The Morgan fingerprint density at radius 2 is 1.36 bits per heavy atom. The van der Waals surface area contributed by atoms with Gasteiger partial charge in [0, 0.05) is 116 Å². The third-order valence-electron chi connectivity index (χ3n) is 18.5. The Morgan fingerprint density at radius 3 is 2.02 bits per heavy atom. The Balaban J connectivity index is 0.802. The molecule has 4 fully saturated rings. The van der Waals surface area contributed by atoms with Crippen molar-refractivity contribution in [2.45, 2.75) is 94.3 Å². The van der Waals surface area contributed by atoms with Crippen LogP contribution in [0.3, 0.4) is 0 Å². The van der Waals surface area contributed by atoms with E-state index in [0.717, 1.165) is 87.8 Å². The number of phenolic OH excluding ortho intramolecular Hbond substituents is 1. The Labute approximate surface area is 504 Å². The summed E-state index contributed by atoms with van der Waals surface area (Å²) in [5, 5.41) is 45.8. The van der Waals surface area contributed by atoms with Gasteiger partial charge >= 0.3 is 12.0 Å². The highest BCUT2D eigenvalue weighted by Gasteiger charge is 2.39. The van der Waals surface area contributed by atoms with Crippen LogP contribution in [0, 0.1) is 22.7 Å². The van der Waals surface area contributed by atoms with Crippen molar-refractivity contribution < 1.29 is 33.3 Å². The highest BCUT2D eigenvalue weighted by atomic mass is 35.5. The average Bonchev–Trinajstić information content (AvgIpc) is 1.41. The number of carbonyl (C=O) groups excluding carboxylic acids is 1. The number of benzene rings is 4. The third-order valence-corrected chi connectivity index (χ3v) is 18.8. The number of piperazine rings is 2. The number of fused-ring (bicyclic) bond motifs is 4. The number of likely N-dealkylation sites (tertiary alicyclic amines) is 2. The minimum Gasteiger partial charge on any atom is -0.508 e. The minimum absolute atomic E-state index is 0.00857. The summed E-state index contributed by atoms with van der Waals surface area (Å²) in [7, 11) is 4.21. The molecule has 4 saturated heterocycles. The first-order valence-electron chi connectivity index (χ1n) is 29.7. The number of likely N-dealkylation sites (N-methyl/N-ethyl adjacent to an activating group) is 2. The van der Waals surface area contributed by atoms with Gasteiger partial charge in [-0.1, -0.05) is 67.2 Å². The fourth-order valence-corrected chi connectivity index (χ4v) is 14.3. The summed E-state index contributed by atoms with van der Waals surface area (Å²) < 4.78 is 41.7. The van der Waals surface area contributed by atoms with Gasteiger partial charge in [-0.2, -0.15) is 30.5 Å². The molecule has 2 aromatic heterocycles. The smallest absolute Gasteiger partial charge is 0.318 e. The Kier molecular flexibility index (Phi) is 16.9. The molecule has 0 aliphatic carbocycles. The van der Waals surface area contributed by atoms with Crippen LogP contribution in [-0.2, 0) is 30.7 Å². The van der Waals surface area contributed by atoms with Crippen molar-refractivity contribution in [3.8, 4) is 29.9 Å². The largest absolute Gasteiger partial charge is 0.508 e. The van der Waals surface area contributed by atoms with E-state index in [4.69, 9.17) is 41.0 Å². The highest BCUT2D eigenvalue weighted by molar-refractivity contribution is 6.36. The Morgan fingerprint density at radius 1 is 0.721 bits per heavy atom. The normalized spacial score (nSPS) is 22.4. The highest BCUT2D eigenvalue weighted by Crippen LogP contribution is 2.44. The second-order valence-electron chi connectivity index (χ2n) is 23.7. The van der Waals surface area contributed by atoms with Crippen LogP contribution < -0.4 is 29.1 Å². The van der Waals surface area contributed by atoms with E-state index in [1.165, 1.54) is 10.5 Å². The Hall–Kier alpha value is -7.92. The van der Waals surface area contributed by atoms with Gasteiger partial charge in [0.1, 0.15) is 36.4 Å². The molecule has 6 atom stereocenters. The maximum absolute atomic E-state index is 14.4. The Bertz CT molecular complexity index is 3700. The van der Waals surface area contributed by atoms with E-state index in [1.807, 2.05) is 30.3 Å². The maximum Gasteiger partial charge on any atom is 0.318 e. The molecule has 6 aliphatic heterocycles. The number of amides is 1. The van der Waals surface area contributed by atoms with Crippen LogP contribution in [0.1, 0.15) is 66.1 Å². The zero-order valence-corrected chi connectivity index (χ0v) is 49.3. The molecule has 19 nitrogen and oxygen atoms in total. The number of aromatic nitrogens is 4. The van der Waals surface area contributed by atoms with Gasteiger partial charge in [0.15, 0.2) is 12.1 Å². The van der Waals surface area contributed by atoms with E-state index >= 15 is 0 Å². The number of nitriles is 2. The van der Waals surface area contributed by atoms with Crippen LogP contribution in [0.2, 0.25) is 5.02 Å². The molecule has 4 aromatic carbocycles. The van der Waals surface area contributed by atoms with E-state index in [0.29, 0.717) is 88.5 Å². The van der Waals surface area contributed by atoms with Crippen molar-refractivity contribution in [1.82, 2.24) is 39.5 Å². The first-order valence-corrected chi connectivity index (χ1v) is 30.1. The standard InChI is InChI=1S/C64H71ClF2N14O5/c1-39(66)61(83)80-27-25-78(33-43(80)16-20-68)59-51-18-23-76(35-54(51)70-63(72-59)85-37-45-10-8-22-74(45)3)56-15-14-48(50-12-7-13-53(65)58(50)56)42-29-46(75(4)32-42)38-86-64-71-55-36-77(57-31-47(82)30-41-9-5-6-11-49(41)57)24-19-52(55)60(73-64)79-26-28-81(62(84)40(2)67)44(34-79)17-21-69/h5-7,9,11-15,30-31,42-46,62,82,84H,1-2,8,10,16-19,22-29,32-38H2,3-4H3/t42?,43-,44-,45+,46-,62?/m0/s1. The van der Waals surface area contributed by atoms with E-state index in [9.17, 15) is 34.3 Å². The van der Waals surface area contributed by atoms with Crippen LogP contribution in [0.4, 0.5) is 31.8 Å². The van der Waals surface area contributed by atoms with Gasteiger partial charge in [-0.05, 0) is 93.2 Å². The van der Waals surface area contributed by atoms with Gasteiger partial charge in [0.25, 0.3) is 5.91 Å². The molecular formula is C64H71ClF2N14O5. The van der Waals surface area contributed by atoms with E-state index in [1.54, 1.807) is 17.0 Å². The SMILES string of the molecule is C=C(F)C(=O)N1CCN(c2nc(OC[C@H]3CCCN3C)nc3c2CCN(c2ccc(C4C[C@@H](COc5nc6c(c(N7CCN(C(O)C(=C)F)[C@@H](CC#N)C7)n5)CCN(c5cc(O)cc7ccccc57)C6)N(C)C4)c4cccc(Cl)c24)C3)C[C@@H]1CC#N. The lowest BCUT2D eigenvalue weighted by Gasteiger charge is -2.43. The molecule has 6 aromatic rings. The molecule has 0 radical (unpaired) electrons. The molecule has 0 saturated carbocycles. The van der Waals surface area contributed by atoms with Crippen LogP contribution >= 0.6 is 11.6 Å². The summed E-state index contributed by atoms with van der Waals surface area (Å²) in [6, 6.07) is 26.1. The topological polar surface area (TPSA) is 201 Å². The number of aliphatic hydroxyl groups excluding tert-OH is 1. The summed E-state index contributed by atoms with van der Waals surface area (Å²) in [6.45, 7) is 13.1. The summed E-state index contributed by atoms with van der Waals surface area (Å²) in [6.07, 6.45) is 2.64. The molecule has 2 N–H and O–H groups in total. The van der Waals surface area contributed by atoms with Gasteiger partial charge in [0.05, 0.1) is 60.5 Å². The van der Waals surface area contributed by atoms with Crippen molar-refractivity contribution >= 4 is 62.1 Å². The molecule has 1 amide bonds. The lowest BCUT2D eigenvalue weighted by molar-refractivity contribution is -0.131. The summed E-state index contributed by atoms with van der Waals surface area (Å²) in [5.74, 6) is -1.03. The quantitative estimate of drug-likeness (QED) is 0.0882. The molecule has 8 heterocycles. The van der Waals surface area contributed by atoms with Gasteiger partial charge in [0.2, 0.25) is 0 Å². The van der Waals surface area contributed by atoms with Crippen molar-refractivity contribution in [3.05, 3.63) is 125 Å². The fraction of sp³-hybridized carbons (Fsp3) is 0.453. The molecule has 2 unspecified atom stereocenters. The first-order chi connectivity index (χ1) is 41.6. The zero-order valence-electron chi connectivity index (χ0n) is 48.6. The molecular weight excluding hydrogens is 1120 g/mol. The first kappa shape index (κ1) is 58.5. The van der Waals surface area contributed by atoms with E-state index in [2.05, 4.69) is 93.1 Å². The van der Waals surface area contributed by atoms with Crippen molar-refractivity contribution in [1.29, 1.82) is 10.5 Å². The molecule has 86 heavy (non-hydrogen) atoms. The van der Waals surface area contributed by atoms with Crippen molar-refractivity contribution in [3.63, 3.8) is 0 Å². The number of aromatic hydroxyl groups is 1. The van der Waals surface area contributed by atoms with Crippen molar-refractivity contribution in [2.24, 2.45) is 0 Å². The molecule has 6 aliphatic rings. The van der Waals surface area contributed by atoms with Gasteiger partial charge in [-0.15, -0.1) is 0 Å². The molecule has 0 bridgehead atoms. The minimum atomic E-state index is -1.53. The maximum atomic E-state index is 14.4. The summed E-state index contributed by atoms with van der Waals surface area (Å²) >= 11 is 7.28. The number of halogens is 3. The van der Waals surface area contributed by atoms with Crippen LogP contribution in [0.15, 0.2) is 91.5 Å². The second kappa shape index (κ2) is 24.8. The third kappa shape index (κ3) is 11.6. The fourth-order valence-electron chi connectivity index (χ4n) is 14.0. The van der Waals surface area contributed by atoms with Crippen molar-refractivity contribution in [2.75, 3.05) is 112 Å². The summed E-state index contributed by atoms with van der Waals surface area (Å²) in [4.78, 5) is 49.6. The van der Waals surface area contributed by atoms with E-state index in [-0.39, 0.29) is 68.2 Å². The van der Waals surface area contributed by atoms with Gasteiger partial charge in [-0.3, -0.25) is 14.6 Å². The van der Waals surface area contributed by atoms with Crippen LogP contribution in [-0.4, -0.2) is 179 Å². The second-order valence-corrected chi connectivity index (χ2v) is 24.1. The molecule has 12 rings (SSSR count). The number of rotatable bonds is 16. The van der Waals surface area contributed by atoms with Gasteiger partial charge < -0.3 is 49.1 Å². The zero-order chi connectivity index (χ0) is 59.9. The molecule has 0 spiro atoms. The lowest BCUT2D eigenvalue weighted by Crippen LogP contribution is -2.57. The summed E-state index contributed by atoms with van der Waals surface area (Å²) in [5.41, 5.74) is 6.58. The predicted molar refractivity (Wildman–Crippen MR) is 326 cm³/mol. The number of phenols is 1. The monoisotopic (exact) mass is 1190 g/mol. The number of hydrogen-bond donors (Lipinski definition) is 2. The van der Waals surface area contributed by atoms with Crippen LogP contribution in [0.25, 0.3) is 21.5 Å². The van der Waals surface area contributed by atoms with Crippen LogP contribution in [0.5, 0.6) is 17.8 Å².